The third kappa shape index (κ3) is 4.00. The Morgan fingerprint density at radius 2 is 2.18 bits per heavy atom. The first-order valence-electron chi connectivity index (χ1n) is 5.66. The predicted molar refractivity (Wildman–Crippen MR) is 70.7 cm³/mol. The number of hydrogen-bond acceptors (Lipinski definition) is 4. The van der Waals surface area contributed by atoms with E-state index in [1.807, 2.05) is 0 Å². The van der Waals surface area contributed by atoms with Crippen molar-refractivity contribution >= 4 is 27.7 Å². The third-order valence-corrected chi connectivity index (χ3v) is 3.33. The highest BCUT2D eigenvalue weighted by atomic mass is 79.9. The topological polar surface area (TPSA) is 65.2 Å². The molecule has 1 rings (SSSR count). The van der Waals surface area contributed by atoms with Gasteiger partial charge in [-0.25, -0.2) is 9.78 Å². The van der Waals surface area contributed by atoms with E-state index in [9.17, 15) is 4.79 Å². The van der Waals surface area contributed by atoms with Crippen LogP contribution in [0.25, 0.3) is 0 Å². The molecule has 0 atom stereocenters. The molecule has 2 N–H and O–H groups in total. The predicted octanol–water partition coefficient (Wildman–Crippen LogP) is 3.02. The van der Waals surface area contributed by atoms with Crippen LogP contribution in [-0.4, -0.2) is 17.6 Å². The Morgan fingerprint density at radius 3 is 2.76 bits per heavy atom. The summed E-state index contributed by atoms with van der Waals surface area (Å²) in [6.07, 6.45) is 3.51. The molecule has 0 spiro atoms. The van der Waals surface area contributed by atoms with Crippen LogP contribution in [0.1, 0.15) is 37.0 Å². The molecule has 4 nitrogen and oxygen atoms in total. The van der Waals surface area contributed by atoms with Crippen molar-refractivity contribution in [1.82, 2.24) is 4.98 Å². The zero-order valence-electron chi connectivity index (χ0n) is 10.1. The highest BCUT2D eigenvalue weighted by Gasteiger charge is 2.14. The van der Waals surface area contributed by atoms with Crippen LogP contribution in [0.3, 0.4) is 0 Å². The Bertz CT molecular complexity index is 392. The first kappa shape index (κ1) is 14.0. The normalized spacial score (nSPS) is 10.6. The first-order valence-corrected chi connectivity index (χ1v) is 6.45. The Labute approximate surface area is 110 Å². The number of carbonyl (C=O) groups excluding carboxylic acids is 1. The lowest BCUT2D eigenvalue weighted by Crippen LogP contribution is -2.14. The van der Waals surface area contributed by atoms with Crippen LogP contribution in [0.15, 0.2) is 16.7 Å². The molecule has 1 heterocycles. The van der Waals surface area contributed by atoms with Gasteiger partial charge in [0.05, 0.1) is 16.6 Å². The monoisotopic (exact) mass is 300 g/mol. The fourth-order valence-electron chi connectivity index (χ4n) is 1.41. The molecule has 0 bridgehead atoms. The summed E-state index contributed by atoms with van der Waals surface area (Å²) < 4.78 is 5.85. The van der Waals surface area contributed by atoms with Gasteiger partial charge in [0, 0.05) is 6.20 Å². The van der Waals surface area contributed by atoms with Gasteiger partial charge in [-0.05, 0) is 27.9 Å². The minimum absolute atomic E-state index is 0.308. The number of pyridine rings is 1. The van der Waals surface area contributed by atoms with Crippen LogP contribution in [-0.2, 0) is 4.74 Å². The molecule has 0 aliphatic heterocycles. The number of nitrogens with zero attached hydrogens (tertiary/aromatic N) is 1. The molecular weight excluding hydrogens is 284 g/mol. The average Bonchev–Trinajstić information content (AvgIpc) is 2.33. The smallest absolute Gasteiger partial charge is 0.339 e. The fourth-order valence-corrected chi connectivity index (χ4v) is 1.79. The molecular formula is C12H17BrN2O2. The third-order valence-electron chi connectivity index (χ3n) is 2.70. The maximum absolute atomic E-state index is 11.8. The second-order valence-corrected chi connectivity index (χ2v) is 4.72. The second kappa shape index (κ2) is 6.59. The molecule has 1 aromatic heterocycles. The molecule has 0 aliphatic rings. The lowest BCUT2D eigenvalue weighted by atomic mass is 10.1. The molecule has 0 radical (unpaired) electrons. The number of esters is 1. The summed E-state index contributed by atoms with van der Waals surface area (Å²) in [6.45, 7) is 4.62. The van der Waals surface area contributed by atoms with E-state index in [0.29, 0.717) is 28.4 Å². The van der Waals surface area contributed by atoms with Crippen molar-refractivity contribution in [3.63, 3.8) is 0 Å². The van der Waals surface area contributed by atoms with Crippen LogP contribution < -0.4 is 5.73 Å². The van der Waals surface area contributed by atoms with Gasteiger partial charge in [-0.15, -0.1) is 0 Å². The minimum Gasteiger partial charge on any atom is -0.462 e. The number of ether oxygens (including phenoxy) is 1. The van der Waals surface area contributed by atoms with Gasteiger partial charge in [0.25, 0.3) is 0 Å². The molecule has 0 unspecified atom stereocenters. The highest BCUT2D eigenvalue weighted by molar-refractivity contribution is 9.10. The number of rotatable bonds is 5. The molecule has 1 aromatic rings. The van der Waals surface area contributed by atoms with Crippen molar-refractivity contribution in [2.75, 3.05) is 12.3 Å². The molecule has 0 aromatic carbocycles. The largest absolute Gasteiger partial charge is 0.462 e. The number of halogens is 1. The molecule has 5 heteroatoms. The van der Waals surface area contributed by atoms with Crippen LogP contribution in [0.4, 0.5) is 5.82 Å². The number of nitrogens with two attached hydrogens (primary N) is 1. The van der Waals surface area contributed by atoms with Gasteiger partial charge in [-0.1, -0.05) is 26.7 Å². The van der Waals surface area contributed by atoms with Gasteiger partial charge in [0.15, 0.2) is 0 Å². The van der Waals surface area contributed by atoms with Crippen LogP contribution in [0.5, 0.6) is 0 Å². The van der Waals surface area contributed by atoms with E-state index >= 15 is 0 Å². The molecule has 17 heavy (non-hydrogen) atoms. The molecule has 0 saturated heterocycles. The molecule has 0 aliphatic carbocycles. The molecule has 0 amide bonds. The van der Waals surface area contributed by atoms with E-state index in [1.165, 1.54) is 12.3 Å². The van der Waals surface area contributed by atoms with Crippen molar-refractivity contribution < 1.29 is 9.53 Å². The SMILES string of the molecule is CCC(CC)COC(=O)c1cc(N)ncc1Br. The van der Waals surface area contributed by atoms with Gasteiger partial charge in [0.2, 0.25) is 0 Å². The Balaban J connectivity index is 2.66. The average molecular weight is 301 g/mol. The van der Waals surface area contributed by atoms with Crippen molar-refractivity contribution in [2.24, 2.45) is 5.92 Å². The zero-order valence-corrected chi connectivity index (χ0v) is 11.7. The summed E-state index contributed by atoms with van der Waals surface area (Å²) in [4.78, 5) is 15.7. The van der Waals surface area contributed by atoms with Crippen molar-refractivity contribution in [2.45, 2.75) is 26.7 Å². The van der Waals surface area contributed by atoms with E-state index < -0.39 is 0 Å². The number of carbonyl (C=O) groups is 1. The maximum atomic E-state index is 11.8. The Kier molecular flexibility index (Phi) is 5.41. The lowest BCUT2D eigenvalue weighted by molar-refractivity contribution is 0.0432. The van der Waals surface area contributed by atoms with E-state index in [2.05, 4.69) is 34.8 Å². The second-order valence-electron chi connectivity index (χ2n) is 3.87. The number of aromatic nitrogens is 1. The summed E-state index contributed by atoms with van der Waals surface area (Å²) in [5.41, 5.74) is 5.95. The summed E-state index contributed by atoms with van der Waals surface area (Å²) in [6, 6.07) is 1.51. The standard InChI is InChI=1S/C12H17BrN2O2/c1-3-8(4-2)7-17-12(16)9-5-11(14)15-6-10(9)13/h5-6,8H,3-4,7H2,1-2H3,(H2,14,15). The van der Waals surface area contributed by atoms with E-state index in [-0.39, 0.29) is 5.97 Å². The van der Waals surface area contributed by atoms with E-state index in [4.69, 9.17) is 10.5 Å². The van der Waals surface area contributed by atoms with E-state index in [0.717, 1.165) is 12.8 Å². The molecule has 0 saturated carbocycles. The zero-order chi connectivity index (χ0) is 12.8. The van der Waals surface area contributed by atoms with Crippen LogP contribution in [0.2, 0.25) is 0 Å². The van der Waals surface area contributed by atoms with Crippen molar-refractivity contribution in [3.05, 3.63) is 22.3 Å². The minimum atomic E-state index is -0.363. The fraction of sp³-hybridized carbons (Fsp3) is 0.500. The quantitative estimate of drug-likeness (QED) is 0.849. The van der Waals surface area contributed by atoms with Gasteiger partial charge >= 0.3 is 5.97 Å². The summed E-state index contributed by atoms with van der Waals surface area (Å²) >= 11 is 3.25. The lowest BCUT2D eigenvalue weighted by Gasteiger charge is -2.13. The Morgan fingerprint density at radius 1 is 1.53 bits per heavy atom. The number of hydrogen-bond donors (Lipinski definition) is 1. The summed E-state index contributed by atoms with van der Waals surface area (Å²) in [5, 5.41) is 0. The van der Waals surface area contributed by atoms with Crippen molar-refractivity contribution in [3.8, 4) is 0 Å². The first-order chi connectivity index (χ1) is 8.08. The van der Waals surface area contributed by atoms with E-state index in [1.54, 1.807) is 0 Å². The summed E-state index contributed by atoms with van der Waals surface area (Å²) in [7, 11) is 0. The van der Waals surface area contributed by atoms with Gasteiger partial charge in [-0.2, -0.15) is 0 Å². The van der Waals surface area contributed by atoms with Gasteiger partial charge in [-0.3, -0.25) is 0 Å². The molecule has 94 valence electrons. The number of nitrogen functional groups attached to an aromatic ring is 1. The van der Waals surface area contributed by atoms with Crippen LogP contribution in [0, 0.1) is 5.92 Å². The van der Waals surface area contributed by atoms with Crippen LogP contribution >= 0.6 is 15.9 Å². The molecule has 0 fully saturated rings. The van der Waals surface area contributed by atoms with Crippen molar-refractivity contribution in [1.29, 1.82) is 0 Å². The maximum Gasteiger partial charge on any atom is 0.339 e. The number of anilines is 1. The highest BCUT2D eigenvalue weighted by Crippen LogP contribution is 2.19. The van der Waals surface area contributed by atoms with Gasteiger partial charge in [0.1, 0.15) is 5.82 Å². The Hall–Kier alpha value is -1.10. The summed E-state index contributed by atoms with van der Waals surface area (Å²) in [5.74, 6) is 0.359. The van der Waals surface area contributed by atoms with Gasteiger partial charge < -0.3 is 10.5 Å².